The molecule has 0 saturated carbocycles. The van der Waals surface area contributed by atoms with Crippen molar-refractivity contribution in [3.8, 4) is 0 Å². The first-order valence-electron chi connectivity index (χ1n) is 9.31. The molecule has 3 aromatic rings. The number of anilines is 1. The molecule has 0 spiro atoms. The van der Waals surface area contributed by atoms with Crippen LogP contribution in [0.2, 0.25) is 0 Å². The van der Waals surface area contributed by atoms with Crippen molar-refractivity contribution >= 4 is 22.5 Å². The summed E-state index contributed by atoms with van der Waals surface area (Å²) in [6, 6.07) is 23.1. The third-order valence-electron chi connectivity index (χ3n) is 4.48. The summed E-state index contributed by atoms with van der Waals surface area (Å²) in [5.41, 5.74) is 1.59. The Kier molecular flexibility index (Phi) is 6.09. The number of aliphatic hydroxyl groups is 1. The van der Waals surface area contributed by atoms with Crippen LogP contribution in [0, 0.1) is 5.92 Å². The van der Waals surface area contributed by atoms with Crippen LogP contribution < -0.4 is 5.32 Å². The molecule has 2 amide bonds. The largest absolute Gasteiger partial charge is 0.387 e. The topological polar surface area (TPSA) is 52.6 Å². The highest BCUT2D eigenvalue weighted by atomic mass is 16.3. The van der Waals surface area contributed by atoms with Crippen LogP contribution in [0.3, 0.4) is 0 Å². The maximum absolute atomic E-state index is 13.0. The van der Waals surface area contributed by atoms with Gasteiger partial charge < -0.3 is 15.3 Å². The maximum Gasteiger partial charge on any atom is 0.321 e. The molecule has 4 nitrogen and oxygen atoms in total. The van der Waals surface area contributed by atoms with Crippen molar-refractivity contribution in [2.75, 3.05) is 18.4 Å². The zero-order valence-corrected chi connectivity index (χ0v) is 15.8. The van der Waals surface area contributed by atoms with E-state index in [1.165, 1.54) is 0 Å². The molecule has 0 aliphatic rings. The lowest BCUT2D eigenvalue weighted by Crippen LogP contribution is -2.40. The van der Waals surface area contributed by atoms with Gasteiger partial charge in [0.1, 0.15) is 0 Å². The fourth-order valence-corrected chi connectivity index (χ4v) is 3.20. The third kappa shape index (κ3) is 4.86. The van der Waals surface area contributed by atoms with Crippen LogP contribution in [-0.2, 0) is 0 Å². The number of aliphatic hydroxyl groups excluding tert-OH is 1. The van der Waals surface area contributed by atoms with E-state index in [1.807, 2.05) is 72.8 Å². The number of hydrogen-bond donors (Lipinski definition) is 2. The second-order valence-electron chi connectivity index (χ2n) is 7.18. The van der Waals surface area contributed by atoms with Crippen molar-refractivity contribution in [1.29, 1.82) is 0 Å². The van der Waals surface area contributed by atoms with Gasteiger partial charge in [-0.05, 0) is 22.9 Å². The van der Waals surface area contributed by atoms with Crippen molar-refractivity contribution in [3.63, 3.8) is 0 Å². The lowest BCUT2D eigenvalue weighted by Gasteiger charge is -2.27. The molecule has 3 aromatic carbocycles. The van der Waals surface area contributed by atoms with E-state index in [1.54, 1.807) is 4.90 Å². The SMILES string of the molecule is CC(C)CN(C[C@H](O)c1ccccc1)C(=O)Nc1cccc2ccccc12. The highest BCUT2D eigenvalue weighted by molar-refractivity contribution is 6.01. The van der Waals surface area contributed by atoms with E-state index in [0.717, 1.165) is 22.0 Å². The summed E-state index contributed by atoms with van der Waals surface area (Å²) in [4.78, 5) is 14.6. The number of nitrogens with zero attached hydrogens (tertiary/aromatic N) is 1. The second-order valence-corrected chi connectivity index (χ2v) is 7.18. The number of urea groups is 1. The molecule has 0 aliphatic heterocycles. The number of rotatable bonds is 6. The summed E-state index contributed by atoms with van der Waals surface area (Å²) >= 11 is 0. The normalized spacial score (nSPS) is 12.1. The predicted octanol–water partition coefficient (Wildman–Crippen LogP) is 5.06. The van der Waals surface area contributed by atoms with Gasteiger partial charge in [0, 0.05) is 11.9 Å². The molecule has 3 rings (SSSR count). The summed E-state index contributed by atoms with van der Waals surface area (Å²) in [6.45, 7) is 4.94. The summed E-state index contributed by atoms with van der Waals surface area (Å²) in [7, 11) is 0. The molecule has 0 radical (unpaired) electrons. The van der Waals surface area contributed by atoms with E-state index in [2.05, 4.69) is 19.2 Å². The van der Waals surface area contributed by atoms with Crippen LogP contribution in [0.1, 0.15) is 25.5 Å². The lowest BCUT2D eigenvalue weighted by atomic mass is 10.1. The van der Waals surface area contributed by atoms with Gasteiger partial charge in [0.2, 0.25) is 0 Å². The van der Waals surface area contributed by atoms with Crippen molar-refractivity contribution in [1.82, 2.24) is 4.90 Å². The molecule has 0 heterocycles. The number of carbonyl (C=O) groups is 1. The first-order valence-corrected chi connectivity index (χ1v) is 9.31. The summed E-state index contributed by atoms with van der Waals surface area (Å²) in [6.07, 6.45) is -0.719. The van der Waals surface area contributed by atoms with Crippen molar-refractivity contribution < 1.29 is 9.90 Å². The van der Waals surface area contributed by atoms with E-state index in [4.69, 9.17) is 0 Å². The molecule has 0 aromatic heterocycles. The molecular formula is C23H26N2O2. The van der Waals surface area contributed by atoms with E-state index in [0.29, 0.717) is 12.5 Å². The molecule has 0 aliphatic carbocycles. The zero-order chi connectivity index (χ0) is 19.2. The Morgan fingerprint density at radius 1 is 0.926 bits per heavy atom. The molecule has 0 fully saturated rings. The third-order valence-corrected chi connectivity index (χ3v) is 4.48. The lowest BCUT2D eigenvalue weighted by molar-refractivity contribution is 0.121. The van der Waals surface area contributed by atoms with Crippen LogP contribution in [-0.4, -0.2) is 29.1 Å². The van der Waals surface area contributed by atoms with Gasteiger partial charge in [0.05, 0.1) is 18.3 Å². The first kappa shape index (κ1) is 18.9. The van der Waals surface area contributed by atoms with Gasteiger partial charge in [-0.2, -0.15) is 0 Å². The van der Waals surface area contributed by atoms with E-state index in [9.17, 15) is 9.90 Å². The number of fused-ring (bicyclic) bond motifs is 1. The predicted molar refractivity (Wildman–Crippen MR) is 111 cm³/mol. The fraction of sp³-hybridized carbons (Fsp3) is 0.261. The molecule has 1 atom stereocenters. The van der Waals surface area contributed by atoms with Crippen molar-refractivity contribution in [2.24, 2.45) is 5.92 Å². The molecule has 2 N–H and O–H groups in total. The highest BCUT2D eigenvalue weighted by Gasteiger charge is 2.20. The minimum Gasteiger partial charge on any atom is -0.387 e. The smallest absolute Gasteiger partial charge is 0.321 e. The van der Waals surface area contributed by atoms with Gasteiger partial charge in [-0.1, -0.05) is 80.6 Å². The number of nitrogens with one attached hydrogen (secondary N) is 1. The quantitative estimate of drug-likeness (QED) is 0.644. The molecular weight excluding hydrogens is 336 g/mol. The van der Waals surface area contributed by atoms with E-state index in [-0.39, 0.29) is 12.6 Å². The summed E-state index contributed by atoms with van der Waals surface area (Å²) in [5.74, 6) is 0.297. The van der Waals surface area contributed by atoms with Gasteiger partial charge in [-0.25, -0.2) is 4.79 Å². The molecule has 140 valence electrons. The Hall–Kier alpha value is -2.85. The first-order chi connectivity index (χ1) is 13.0. The molecule has 27 heavy (non-hydrogen) atoms. The second kappa shape index (κ2) is 8.69. The monoisotopic (exact) mass is 362 g/mol. The van der Waals surface area contributed by atoms with Gasteiger partial charge in [0.15, 0.2) is 0 Å². The van der Waals surface area contributed by atoms with Gasteiger partial charge >= 0.3 is 6.03 Å². The number of carbonyl (C=O) groups excluding carboxylic acids is 1. The van der Waals surface area contributed by atoms with Crippen LogP contribution in [0.15, 0.2) is 72.8 Å². The number of amides is 2. The minimum atomic E-state index is -0.719. The Labute approximate surface area is 160 Å². The van der Waals surface area contributed by atoms with Crippen LogP contribution in [0.25, 0.3) is 10.8 Å². The average molecular weight is 362 g/mol. The van der Waals surface area contributed by atoms with Crippen molar-refractivity contribution in [3.05, 3.63) is 78.4 Å². The molecule has 4 heteroatoms. The van der Waals surface area contributed by atoms with Crippen LogP contribution in [0.4, 0.5) is 10.5 Å². The Bertz CT molecular complexity index is 888. The van der Waals surface area contributed by atoms with E-state index < -0.39 is 6.10 Å². The molecule has 0 saturated heterocycles. The molecule has 0 unspecified atom stereocenters. The fourth-order valence-electron chi connectivity index (χ4n) is 3.20. The average Bonchev–Trinajstić information content (AvgIpc) is 2.68. The zero-order valence-electron chi connectivity index (χ0n) is 15.8. The summed E-state index contributed by atoms with van der Waals surface area (Å²) < 4.78 is 0. The van der Waals surface area contributed by atoms with Gasteiger partial charge in [-0.3, -0.25) is 0 Å². The van der Waals surface area contributed by atoms with Crippen LogP contribution in [0.5, 0.6) is 0 Å². The standard InChI is InChI=1S/C23H26N2O2/c1-17(2)15-25(16-22(26)19-10-4-3-5-11-19)23(27)24-21-14-8-12-18-9-6-7-13-20(18)21/h3-14,17,22,26H,15-16H2,1-2H3,(H,24,27)/t22-/m0/s1. The van der Waals surface area contributed by atoms with E-state index >= 15 is 0 Å². The minimum absolute atomic E-state index is 0.199. The van der Waals surface area contributed by atoms with Gasteiger partial charge in [0.25, 0.3) is 0 Å². The maximum atomic E-state index is 13.0. The summed E-state index contributed by atoms with van der Waals surface area (Å²) in [5, 5.41) is 15.7. The Morgan fingerprint density at radius 2 is 1.59 bits per heavy atom. The van der Waals surface area contributed by atoms with Crippen molar-refractivity contribution in [2.45, 2.75) is 20.0 Å². The molecule has 0 bridgehead atoms. The van der Waals surface area contributed by atoms with Gasteiger partial charge in [-0.15, -0.1) is 0 Å². The highest BCUT2D eigenvalue weighted by Crippen LogP contribution is 2.24. The van der Waals surface area contributed by atoms with Crippen LogP contribution >= 0.6 is 0 Å². The number of benzene rings is 3. The Morgan fingerprint density at radius 3 is 2.33 bits per heavy atom. The Balaban J connectivity index is 1.78. The number of hydrogen-bond acceptors (Lipinski definition) is 2.